The van der Waals surface area contributed by atoms with Gasteiger partial charge in [0.2, 0.25) is 0 Å². The number of ether oxygens (including phenoxy) is 2. The van der Waals surface area contributed by atoms with Crippen molar-refractivity contribution in [3.05, 3.63) is 24.3 Å². The van der Waals surface area contributed by atoms with Crippen molar-refractivity contribution in [2.45, 2.75) is 20.0 Å². The number of amidine groups is 1. The lowest BCUT2D eigenvalue weighted by Crippen LogP contribution is -2.51. The van der Waals surface area contributed by atoms with Crippen molar-refractivity contribution < 1.29 is 19.1 Å². The summed E-state index contributed by atoms with van der Waals surface area (Å²) < 4.78 is 10.5. The maximum Gasteiger partial charge on any atom is 0.298 e. The van der Waals surface area contributed by atoms with Crippen molar-refractivity contribution in [2.75, 3.05) is 7.11 Å². The fourth-order valence-corrected chi connectivity index (χ4v) is 1.73. The van der Waals surface area contributed by atoms with E-state index in [4.69, 9.17) is 9.47 Å². The van der Waals surface area contributed by atoms with E-state index in [-0.39, 0.29) is 5.92 Å². The van der Waals surface area contributed by atoms with E-state index in [1.807, 2.05) is 13.8 Å². The van der Waals surface area contributed by atoms with E-state index in [1.165, 1.54) is 7.11 Å². The predicted molar refractivity (Wildman–Crippen MR) is 72.8 cm³/mol. The third-order valence-corrected chi connectivity index (χ3v) is 2.81. The van der Waals surface area contributed by atoms with Crippen LogP contribution in [0.3, 0.4) is 0 Å². The van der Waals surface area contributed by atoms with Crippen LogP contribution >= 0.6 is 0 Å². The van der Waals surface area contributed by atoms with E-state index >= 15 is 0 Å². The Bertz CT molecular complexity index is 566. The molecule has 1 N–H and O–H groups in total. The van der Waals surface area contributed by atoms with Gasteiger partial charge in [0.05, 0.1) is 7.11 Å². The van der Waals surface area contributed by atoms with Crippen molar-refractivity contribution in [3.8, 4) is 11.5 Å². The standard InChI is InChI=1S/C14H16N2O4/c1-8(2)12-15-13(17)11(14(18)16-12)20-10-7-5-4-6-9(10)19-3/h4-8,11H,1-3H3,(H,15,16,17,18). The molecular formula is C14H16N2O4. The molecule has 1 aliphatic rings. The number of amides is 2. The first-order valence-corrected chi connectivity index (χ1v) is 6.26. The molecule has 0 aliphatic carbocycles. The predicted octanol–water partition coefficient (Wildman–Crippen LogP) is 1.15. The van der Waals surface area contributed by atoms with E-state index in [0.717, 1.165) is 0 Å². The first-order chi connectivity index (χ1) is 9.52. The highest BCUT2D eigenvalue weighted by atomic mass is 16.5. The van der Waals surface area contributed by atoms with Crippen molar-refractivity contribution in [3.63, 3.8) is 0 Å². The summed E-state index contributed by atoms with van der Waals surface area (Å²) in [6.45, 7) is 3.68. The largest absolute Gasteiger partial charge is 0.493 e. The van der Waals surface area contributed by atoms with Gasteiger partial charge in [-0.25, -0.2) is 0 Å². The van der Waals surface area contributed by atoms with Crippen LogP contribution in [0, 0.1) is 5.92 Å². The zero-order valence-corrected chi connectivity index (χ0v) is 11.5. The summed E-state index contributed by atoms with van der Waals surface area (Å²) in [6.07, 6.45) is -1.28. The summed E-state index contributed by atoms with van der Waals surface area (Å²) in [5.74, 6) is -0.0172. The van der Waals surface area contributed by atoms with Gasteiger partial charge in [-0.2, -0.15) is 4.99 Å². The third kappa shape index (κ3) is 2.79. The van der Waals surface area contributed by atoms with E-state index in [0.29, 0.717) is 17.3 Å². The number of hydrogen-bond acceptors (Lipinski definition) is 4. The Kier molecular flexibility index (Phi) is 4.02. The normalized spacial score (nSPS) is 18.6. The smallest absolute Gasteiger partial charge is 0.298 e. The van der Waals surface area contributed by atoms with Gasteiger partial charge in [-0.05, 0) is 12.1 Å². The summed E-state index contributed by atoms with van der Waals surface area (Å²) in [7, 11) is 1.49. The molecule has 0 radical (unpaired) electrons. The van der Waals surface area contributed by atoms with E-state index in [9.17, 15) is 9.59 Å². The van der Waals surface area contributed by atoms with Crippen molar-refractivity contribution >= 4 is 17.6 Å². The van der Waals surface area contributed by atoms with Gasteiger partial charge in [0.15, 0.2) is 11.5 Å². The number of para-hydroxylation sites is 2. The SMILES string of the molecule is COc1ccccc1OC1C(=O)N=C(C(C)C)NC1=O. The molecule has 0 fully saturated rings. The van der Waals surface area contributed by atoms with Gasteiger partial charge in [0.25, 0.3) is 17.9 Å². The molecule has 0 aromatic heterocycles. The third-order valence-electron chi connectivity index (χ3n) is 2.81. The molecule has 2 amide bonds. The number of methoxy groups -OCH3 is 1. The lowest BCUT2D eigenvalue weighted by atomic mass is 10.1. The van der Waals surface area contributed by atoms with Crippen LogP contribution in [0.4, 0.5) is 0 Å². The van der Waals surface area contributed by atoms with Gasteiger partial charge in [0, 0.05) is 5.92 Å². The Morgan fingerprint density at radius 2 is 1.85 bits per heavy atom. The average Bonchev–Trinajstić information content (AvgIpc) is 2.42. The summed E-state index contributed by atoms with van der Waals surface area (Å²) in [6, 6.07) is 6.81. The van der Waals surface area contributed by atoms with Gasteiger partial charge in [-0.15, -0.1) is 0 Å². The second-order valence-electron chi connectivity index (χ2n) is 4.63. The Hall–Kier alpha value is -2.37. The van der Waals surface area contributed by atoms with Crippen LogP contribution in [-0.2, 0) is 9.59 Å². The van der Waals surface area contributed by atoms with Gasteiger partial charge in [-0.1, -0.05) is 26.0 Å². The molecule has 1 aliphatic heterocycles. The molecule has 6 nitrogen and oxygen atoms in total. The molecule has 20 heavy (non-hydrogen) atoms. The molecule has 1 aromatic carbocycles. The molecule has 1 aromatic rings. The molecule has 6 heteroatoms. The fraction of sp³-hybridized carbons (Fsp3) is 0.357. The number of aliphatic imine (C=N–C) groups is 1. The second-order valence-corrected chi connectivity index (χ2v) is 4.63. The monoisotopic (exact) mass is 276 g/mol. The van der Waals surface area contributed by atoms with Crippen molar-refractivity contribution in [2.24, 2.45) is 10.9 Å². The zero-order chi connectivity index (χ0) is 14.7. The average molecular weight is 276 g/mol. The quantitative estimate of drug-likeness (QED) is 0.837. The minimum Gasteiger partial charge on any atom is -0.493 e. The number of carbonyl (C=O) groups is 2. The van der Waals surface area contributed by atoms with E-state index in [1.54, 1.807) is 24.3 Å². The number of benzene rings is 1. The highest BCUT2D eigenvalue weighted by molar-refractivity contribution is 6.18. The molecule has 106 valence electrons. The number of nitrogens with one attached hydrogen (secondary N) is 1. The van der Waals surface area contributed by atoms with Crippen LogP contribution in [-0.4, -0.2) is 30.9 Å². The summed E-state index contributed by atoms with van der Waals surface area (Å²) in [4.78, 5) is 27.7. The number of nitrogens with zero attached hydrogens (tertiary/aromatic N) is 1. The van der Waals surface area contributed by atoms with Crippen LogP contribution < -0.4 is 14.8 Å². The van der Waals surface area contributed by atoms with Crippen molar-refractivity contribution in [1.82, 2.24) is 5.32 Å². The minimum absolute atomic E-state index is 0.0323. The topological polar surface area (TPSA) is 77.0 Å². The minimum atomic E-state index is -1.28. The van der Waals surface area contributed by atoms with Gasteiger partial charge >= 0.3 is 0 Å². The summed E-state index contributed by atoms with van der Waals surface area (Å²) in [5, 5.41) is 2.58. The summed E-state index contributed by atoms with van der Waals surface area (Å²) in [5.41, 5.74) is 0. The second kappa shape index (κ2) is 5.73. The molecule has 0 saturated carbocycles. The number of hydrogen-bond donors (Lipinski definition) is 1. The molecule has 0 bridgehead atoms. The Morgan fingerprint density at radius 1 is 1.20 bits per heavy atom. The van der Waals surface area contributed by atoms with E-state index in [2.05, 4.69) is 10.3 Å². The van der Waals surface area contributed by atoms with Crippen molar-refractivity contribution in [1.29, 1.82) is 0 Å². The molecule has 0 spiro atoms. The van der Waals surface area contributed by atoms with Gasteiger partial charge in [-0.3, -0.25) is 9.59 Å². The van der Waals surface area contributed by atoms with Crippen LogP contribution in [0.25, 0.3) is 0 Å². The Morgan fingerprint density at radius 3 is 2.40 bits per heavy atom. The van der Waals surface area contributed by atoms with Crippen LogP contribution in [0.1, 0.15) is 13.8 Å². The lowest BCUT2D eigenvalue weighted by molar-refractivity contribution is -0.137. The first-order valence-electron chi connectivity index (χ1n) is 6.26. The highest BCUT2D eigenvalue weighted by Crippen LogP contribution is 2.27. The Balaban J connectivity index is 2.22. The molecule has 1 unspecified atom stereocenters. The van der Waals surface area contributed by atoms with E-state index < -0.39 is 17.9 Å². The maximum atomic E-state index is 11.9. The number of rotatable bonds is 4. The summed E-state index contributed by atoms with van der Waals surface area (Å²) >= 11 is 0. The molecule has 1 atom stereocenters. The van der Waals surface area contributed by atoms with Gasteiger partial charge < -0.3 is 14.8 Å². The fourth-order valence-electron chi connectivity index (χ4n) is 1.73. The van der Waals surface area contributed by atoms with Crippen LogP contribution in [0.15, 0.2) is 29.3 Å². The highest BCUT2D eigenvalue weighted by Gasteiger charge is 2.35. The molecule has 2 rings (SSSR count). The van der Waals surface area contributed by atoms with Gasteiger partial charge in [0.1, 0.15) is 5.84 Å². The zero-order valence-electron chi connectivity index (χ0n) is 11.5. The maximum absolute atomic E-state index is 11.9. The molecule has 1 heterocycles. The first kappa shape index (κ1) is 14.0. The lowest BCUT2D eigenvalue weighted by Gasteiger charge is -2.23. The molecule has 0 saturated heterocycles. The Labute approximate surface area is 116 Å². The number of carbonyl (C=O) groups excluding carboxylic acids is 2. The van der Waals surface area contributed by atoms with Crippen LogP contribution in [0.2, 0.25) is 0 Å². The van der Waals surface area contributed by atoms with Crippen LogP contribution in [0.5, 0.6) is 11.5 Å². The molecular weight excluding hydrogens is 260 g/mol.